The maximum atomic E-state index is 12.8. The lowest BCUT2D eigenvalue weighted by molar-refractivity contribution is 0.0746. The van der Waals surface area contributed by atoms with E-state index < -0.39 is 0 Å². The predicted molar refractivity (Wildman–Crippen MR) is 118 cm³/mol. The zero-order valence-electron chi connectivity index (χ0n) is 17.5. The number of carbonyl (C=O) groups excluding carboxylic acids is 1. The number of anilines is 1. The maximum absolute atomic E-state index is 12.8. The lowest BCUT2D eigenvalue weighted by atomic mass is 10.1. The van der Waals surface area contributed by atoms with Crippen LogP contribution in [0.15, 0.2) is 54.7 Å². The van der Waals surface area contributed by atoms with Crippen molar-refractivity contribution in [2.45, 2.75) is 13.3 Å². The molecule has 0 spiro atoms. The molecule has 0 atom stereocenters. The number of amides is 1. The van der Waals surface area contributed by atoms with E-state index >= 15 is 0 Å². The summed E-state index contributed by atoms with van der Waals surface area (Å²) < 4.78 is 10.9. The average Bonchev–Trinajstić information content (AvgIpc) is 3.32. The Morgan fingerprint density at radius 2 is 1.74 bits per heavy atom. The second kappa shape index (κ2) is 8.26. The van der Waals surface area contributed by atoms with Gasteiger partial charge < -0.3 is 19.3 Å². The molecule has 5 rings (SSSR count). The summed E-state index contributed by atoms with van der Waals surface area (Å²) in [5.74, 6) is 2.24. The van der Waals surface area contributed by atoms with E-state index in [1.54, 1.807) is 6.20 Å². The zero-order valence-corrected chi connectivity index (χ0v) is 17.5. The molecule has 0 bridgehead atoms. The number of rotatable bonds is 4. The Morgan fingerprint density at radius 1 is 0.968 bits per heavy atom. The van der Waals surface area contributed by atoms with Gasteiger partial charge in [-0.3, -0.25) is 4.79 Å². The van der Waals surface area contributed by atoms with Crippen molar-refractivity contribution in [2.24, 2.45) is 0 Å². The standard InChI is InChI=1S/C24H24N4O3/c1-2-17-3-5-18(6-4-17)23(29)27-11-13-28(14-12-27)24-25-10-9-20(26-24)19-7-8-21-22(15-19)31-16-30-21/h3-10,15H,2,11-14,16H2,1H3. The Kier molecular flexibility index (Phi) is 5.16. The first-order chi connectivity index (χ1) is 15.2. The van der Waals surface area contributed by atoms with Gasteiger partial charge in [0.25, 0.3) is 5.91 Å². The second-order valence-electron chi connectivity index (χ2n) is 7.64. The lowest BCUT2D eigenvalue weighted by Crippen LogP contribution is -2.49. The Hall–Kier alpha value is -3.61. The fourth-order valence-corrected chi connectivity index (χ4v) is 3.89. The number of ether oxygens (including phenoxy) is 2. The number of fused-ring (bicyclic) bond motifs is 1. The topological polar surface area (TPSA) is 67.8 Å². The van der Waals surface area contributed by atoms with E-state index in [2.05, 4.69) is 16.8 Å². The minimum absolute atomic E-state index is 0.0809. The molecule has 1 saturated heterocycles. The third kappa shape index (κ3) is 3.91. The van der Waals surface area contributed by atoms with E-state index in [-0.39, 0.29) is 12.7 Å². The van der Waals surface area contributed by atoms with E-state index in [0.717, 1.165) is 34.7 Å². The molecule has 0 N–H and O–H groups in total. The molecule has 2 aliphatic rings. The van der Waals surface area contributed by atoms with E-state index in [4.69, 9.17) is 14.5 Å². The molecule has 0 unspecified atom stereocenters. The van der Waals surface area contributed by atoms with Crippen LogP contribution in [0.1, 0.15) is 22.8 Å². The molecule has 7 heteroatoms. The molecule has 2 aliphatic heterocycles. The SMILES string of the molecule is CCc1ccc(C(=O)N2CCN(c3nccc(-c4ccc5c(c4)OCO5)n3)CC2)cc1. The first-order valence-electron chi connectivity index (χ1n) is 10.6. The van der Waals surface area contributed by atoms with Gasteiger partial charge in [-0.2, -0.15) is 0 Å². The van der Waals surface area contributed by atoms with E-state index in [1.165, 1.54) is 5.56 Å². The number of hydrogen-bond acceptors (Lipinski definition) is 6. The average molecular weight is 416 g/mol. The monoisotopic (exact) mass is 416 g/mol. The second-order valence-corrected chi connectivity index (χ2v) is 7.64. The summed E-state index contributed by atoms with van der Waals surface area (Å²) in [4.78, 5) is 26.1. The minimum atomic E-state index is 0.0809. The van der Waals surface area contributed by atoms with E-state index in [1.807, 2.05) is 53.4 Å². The zero-order chi connectivity index (χ0) is 21.2. The van der Waals surface area contributed by atoms with Gasteiger partial charge in [0, 0.05) is 43.5 Å². The fourth-order valence-electron chi connectivity index (χ4n) is 3.89. The number of aryl methyl sites for hydroxylation is 1. The summed E-state index contributed by atoms with van der Waals surface area (Å²) in [5.41, 5.74) is 3.77. The van der Waals surface area contributed by atoms with Gasteiger partial charge in [-0.1, -0.05) is 19.1 Å². The summed E-state index contributed by atoms with van der Waals surface area (Å²) in [5, 5.41) is 0. The van der Waals surface area contributed by atoms with Gasteiger partial charge >= 0.3 is 0 Å². The van der Waals surface area contributed by atoms with Gasteiger partial charge in [-0.05, 0) is 48.4 Å². The van der Waals surface area contributed by atoms with Crippen LogP contribution >= 0.6 is 0 Å². The van der Waals surface area contributed by atoms with Crippen LogP contribution in [-0.4, -0.2) is 53.7 Å². The van der Waals surface area contributed by atoms with Crippen LogP contribution in [0.25, 0.3) is 11.3 Å². The molecule has 0 saturated carbocycles. The van der Waals surface area contributed by atoms with Gasteiger partial charge in [0.05, 0.1) is 5.69 Å². The molecule has 3 aromatic rings. The van der Waals surface area contributed by atoms with Crippen molar-refractivity contribution in [3.63, 3.8) is 0 Å². The molecule has 158 valence electrons. The molecular formula is C24H24N4O3. The molecule has 7 nitrogen and oxygen atoms in total. The molecular weight excluding hydrogens is 392 g/mol. The summed E-state index contributed by atoms with van der Waals surface area (Å²) in [6.07, 6.45) is 2.74. The number of hydrogen-bond donors (Lipinski definition) is 0. The van der Waals surface area contributed by atoms with Gasteiger partial charge in [0.15, 0.2) is 11.5 Å². The molecule has 3 heterocycles. The van der Waals surface area contributed by atoms with Crippen molar-refractivity contribution in [1.82, 2.24) is 14.9 Å². The van der Waals surface area contributed by atoms with Crippen molar-refractivity contribution >= 4 is 11.9 Å². The van der Waals surface area contributed by atoms with Gasteiger partial charge in [0.1, 0.15) is 0 Å². The number of nitrogens with zero attached hydrogens (tertiary/aromatic N) is 4. The largest absolute Gasteiger partial charge is 0.454 e. The molecule has 1 fully saturated rings. The van der Waals surface area contributed by atoms with Crippen LogP contribution in [0, 0.1) is 0 Å². The van der Waals surface area contributed by atoms with Gasteiger partial charge in [-0.15, -0.1) is 0 Å². The Balaban J connectivity index is 1.26. The third-order valence-corrected chi connectivity index (χ3v) is 5.77. The summed E-state index contributed by atoms with van der Waals surface area (Å²) in [6, 6.07) is 15.6. The first kappa shape index (κ1) is 19.4. The fraction of sp³-hybridized carbons (Fsp3) is 0.292. The Labute approximate surface area is 181 Å². The third-order valence-electron chi connectivity index (χ3n) is 5.77. The molecule has 0 radical (unpaired) electrons. The molecule has 1 amide bonds. The van der Waals surface area contributed by atoms with Crippen molar-refractivity contribution in [3.8, 4) is 22.8 Å². The van der Waals surface area contributed by atoms with Crippen LogP contribution in [0.2, 0.25) is 0 Å². The molecule has 1 aromatic heterocycles. The number of aromatic nitrogens is 2. The normalized spacial score (nSPS) is 15.3. The van der Waals surface area contributed by atoms with Crippen LogP contribution in [-0.2, 0) is 6.42 Å². The maximum Gasteiger partial charge on any atom is 0.253 e. The van der Waals surface area contributed by atoms with Crippen LogP contribution in [0.5, 0.6) is 11.5 Å². The molecule has 0 aliphatic carbocycles. The van der Waals surface area contributed by atoms with Crippen molar-refractivity contribution in [3.05, 3.63) is 65.9 Å². The highest BCUT2D eigenvalue weighted by Crippen LogP contribution is 2.35. The highest BCUT2D eigenvalue weighted by molar-refractivity contribution is 5.94. The first-order valence-corrected chi connectivity index (χ1v) is 10.6. The van der Waals surface area contributed by atoms with Crippen LogP contribution in [0.4, 0.5) is 5.95 Å². The quantitative estimate of drug-likeness (QED) is 0.649. The predicted octanol–water partition coefficient (Wildman–Crippen LogP) is 3.40. The minimum Gasteiger partial charge on any atom is -0.454 e. The van der Waals surface area contributed by atoms with E-state index in [9.17, 15) is 4.79 Å². The smallest absolute Gasteiger partial charge is 0.253 e. The van der Waals surface area contributed by atoms with Crippen molar-refractivity contribution in [2.75, 3.05) is 37.9 Å². The highest BCUT2D eigenvalue weighted by Gasteiger charge is 2.24. The lowest BCUT2D eigenvalue weighted by Gasteiger charge is -2.34. The summed E-state index contributed by atoms with van der Waals surface area (Å²) in [6.45, 7) is 5.05. The van der Waals surface area contributed by atoms with Gasteiger partial charge in [-0.25, -0.2) is 9.97 Å². The Morgan fingerprint density at radius 3 is 2.52 bits per heavy atom. The highest BCUT2D eigenvalue weighted by atomic mass is 16.7. The number of piperazine rings is 1. The van der Waals surface area contributed by atoms with Crippen molar-refractivity contribution in [1.29, 1.82) is 0 Å². The molecule has 2 aromatic carbocycles. The number of benzene rings is 2. The van der Waals surface area contributed by atoms with E-state index in [0.29, 0.717) is 32.1 Å². The summed E-state index contributed by atoms with van der Waals surface area (Å²) in [7, 11) is 0. The van der Waals surface area contributed by atoms with Crippen LogP contribution in [0.3, 0.4) is 0 Å². The summed E-state index contributed by atoms with van der Waals surface area (Å²) >= 11 is 0. The van der Waals surface area contributed by atoms with Crippen molar-refractivity contribution < 1.29 is 14.3 Å². The Bertz CT molecular complexity index is 1090. The molecule has 31 heavy (non-hydrogen) atoms. The number of carbonyl (C=O) groups is 1. The van der Waals surface area contributed by atoms with Gasteiger partial charge in [0.2, 0.25) is 12.7 Å². The van der Waals surface area contributed by atoms with Crippen LogP contribution < -0.4 is 14.4 Å².